The number of benzene rings is 1. The van der Waals surface area contributed by atoms with Gasteiger partial charge < -0.3 is 10.4 Å². The van der Waals surface area contributed by atoms with Crippen LogP contribution in [0.3, 0.4) is 0 Å². The molecule has 1 saturated carbocycles. The average molecular weight is 226 g/mol. The molecule has 0 amide bonds. The van der Waals surface area contributed by atoms with E-state index >= 15 is 0 Å². The van der Waals surface area contributed by atoms with Gasteiger partial charge in [-0.05, 0) is 37.1 Å². The van der Waals surface area contributed by atoms with Gasteiger partial charge in [-0.15, -0.1) is 0 Å². The van der Waals surface area contributed by atoms with Crippen LogP contribution in [0.4, 0.5) is 5.69 Å². The summed E-state index contributed by atoms with van der Waals surface area (Å²) in [6.45, 7) is 0.490. The fraction of sp³-hybridized carbons (Fsp3) is 0.364. The van der Waals surface area contributed by atoms with E-state index in [0.29, 0.717) is 11.6 Å². The molecule has 0 atom stereocenters. The Morgan fingerprint density at radius 3 is 2.47 bits per heavy atom. The first-order chi connectivity index (χ1) is 7.12. The highest BCUT2D eigenvalue weighted by Crippen LogP contribution is 2.45. The molecule has 0 unspecified atom stereocenters. The Hall–Kier alpha value is -1.22. The fourth-order valence-electron chi connectivity index (χ4n) is 1.46. The molecule has 2 N–H and O–H groups in total. The van der Waals surface area contributed by atoms with Crippen molar-refractivity contribution in [3.8, 4) is 0 Å². The van der Waals surface area contributed by atoms with E-state index in [1.807, 2.05) is 12.1 Å². The molecule has 1 aromatic carbocycles. The largest absolute Gasteiger partial charge is 0.481 e. The lowest BCUT2D eigenvalue weighted by Gasteiger charge is -2.11. The van der Waals surface area contributed by atoms with Gasteiger partial charge in [0.1, 0.15) is 0 Å². The predicted octanol–water partition coefficient (Wildman–Crippen LogP) is 2.62. The highest BCUT2D eigenvalue weighted by molar-refractivity contribution is 6.30. The van der Waals surface area contributed by atoms with Crippen molar-refractivity contribution in [1.29, 1.82) is 0 Å². The van der Waals surface area contributed by atoms with E-state index in [-0.39, 0.29) is 0 Å². The van der Waals surface area contributed by atoms with Gasteiger partial charge >= 0.3 is 5.97 Å². The van der Waals surface area contributed by atoms with Gasteiger partial charge in [-0.3, -0.25) is 4.79 Å². The minimum absolute atomic E-state index is 0.490. The molecule has 80 valence electrons. The van der Waals surface area contributed by atoms with E-state index in [4.69, 9.17) is 16.7 Å². The molecular formula is C11H12ClNO2. The van der Waals surface area contributed by atoms with E-state index in [9.17, 15) is 4.79 Å². The van der Waals surface area contributed by atoms with Crippen molar-refractivity contribution in [2.75, 3.05) is 11.9 Å². The van der Waals surface area contributed by atoms with E-state index in [1.54, 1.807) is 12.1 Å². The lowest BCUT2D eigenvalue weighted by atomic mass is 10.1. The number of halogens is 1. The molecule has 0 bridgehead atoms. The summed E-state index contributed by atoms with van der Waals surface area (Å²) < 4.78 is 0. The SMILES string of the molecule is O=C(O)C1(CNc2ccc(Cl)cc2)CC1. The van der Waals surface area contributed by atoms with E-state index in [0.717, 1.165) is 18.5 Å². The second kappa shape index (κ2) is 3.74. The number of carboxylic acid groups (broad SMARTS) is 1. The molecule has 1 fully saturated rings. The van der Waals surface area contributed by atoms with Crippen molar-refractivity contribution in [3.05, 3.63) is 29.3 Å². The number of anilines is 1. The first kappa shape index (κ1) is 10.3. The summed E-state index contributed by atoms with van der Waals surface area (Å²) in [7, 11) is 0. The minimum atomic E-state index is -0.705. The first-order valence-electron chi connectivity index (χ1n) is 4.85. The van der Waals surface area contributed by atoms with Crippen LogP contribution in [0.25, 0.3) is 0 Å². The number of rotatable bonds is 4. The quantitative estimate of drug-likeness (QED) is 0.828. The zero-order valence-corrected chi connectivity index (χ0v) is 8.92. The summed E-state index contributed by atoms with van der Waals surface area (Å²) in [5.41, 5.74) is 0.381. The third-order valence-electron chi connectivity index (χ3n) is 2.78. The maximum Gasteiger partial charge on any atom is 0.311 e. The third-order valence-corrected chi connectivity index (χ3v) is 3.03. The smallest absolute Gasteiger partial charge is 0.311 e. The average Bonchev–Trinajstić information content (AvgIpc) is 2.98. The lowest BCUT2D eigenvalue weighted by Crippen LogP contribution is -2.24. The topological polar surface area (TPSA) is 49.3 Å². The summed E-state index contributed by atoms with van der Waals surface area (Å²) in [6, 6.07) is 7.26. The maximum absolute atomic E-state index is 10.9. The fourth-order valence-corrected chi connectivity index (χ4v) is 1.58. The van der Waals surface area contributed by atoms with Crippen LogP contribution >= 0.6 is 11.6 Å². The van der Waals surface area contributed by atoms with Gasteiger partial charge in [0.2, 0.25) is 0 Å². The van der Waals surface area contributed by atoms with Crippen LogP contribution in [0.2, 0.25) is 5.02 Å². The van der Waals surface area contributed by atoms with Crippen LogP contribution in [-0.2, 0) is 4.79 Å². The Kier molecular flexibility index (Phi) is 2.57. The molecule has 0 aromatic heterocycles. The maximum atomic E-state index is 10.9. The van der Waals surface area contributed by atoms with Crippen molar-refractivity contribution < 1.29 is 9.90 Å². The van der Waals surface area contributed by atoms with Gasteiger partial charge in [0, 0.05) is 17.3 Å². The Labute approximate surface area is 93.1 Å². The molecule has 0 saturated heterocycles. The number of carboxylic acids is 1. The van der Waals surface area contributed by atoms with Gasteiger partial charge in [0.15, 0.2) is 0 Å². The van der Waals surface area contributed by atoms with E-state index in [2.05, 4.69) is 5.32 Å². The van der Waals surface area contributed by atoms with Gasteiger partial charge in [-0.2, -0.15) is 0 Å². The number of carbonyl (C=O) groups is 1. The molecule has 2 rings (SSSR count). The number of hydrogen-bond donors (Lipinski definition) is 2. The zero-order chi connectivity index (χ0) is 10.9. The highest BCUT2D eigenvalue weighted by atomic mass is 35.5. The molecule has 0 spiro atoms. The van der Waals surface area contributed by atoms with Crippen LogP contribution in [0.1, 0.15) is 12.8 Å². The number of hydrogen-bond acceptors (Lipinski definition) is 2. The normalized spacial score (nSPS) is 17.1. The second-order valence-electron chi connectivity index (χ2n) is 3.95. The van der Waals surface area contributed by atoms with Gasteiger partial charge in [0.25, 0.3) is 0 Å². The van der Waals surface area contributed by atoms with Crippen molar-refractivity contribution in [2.45, 2.75) is 12.8 Å². The van der Waals surface area contributed by atoms with Crippen molar-refractivity contribution in [1.82, 2.24) is 0 Å². The number of nitrogens with one attached hydrogen (secondary N) is 1. The van der Waals surface area contributed by atoms with Crippen LogP contribution in [0, 0.1) is 5.41 Å². The van der Waals surface area contributed by atoms with Crippen molar-refractivity contribution >= 4 is 23.3 Å². The summed E-state index contributed by atoms with van der Waals surface area (Å²) in [6.07, 6.45) is 1.53. The van der Waals surface area contributed by atoms with Gasteiger partial charge in [-0.25, -0.2) is 0 Å². The van der Waals surface area contributed by atoms with Crippen LogP contribution < -0.4 is 5.32 Å². The summed E-state index contributed by atoms with van der Waals surface area (Å²) >= 11 is 5.74. The molecule has 15 heavy (non-hydrogen) atoms. The number of aliphatic carboxylic acids is 1. The molecule has 1 aromatic rings. The van der Waals surface area contributed by atoms with Crippen molar-refractivity contribution in [2.24, 2.45) is 5.41 Å². The molecule has 1 aliphatic carbocycles. The molecule has 0 heterocycles. The molecule has 3 nitrogen and oxygen atoms in total. The van der Waals surface area contributed by atoms with Crippen LogP contribution in [-0.4, -0.2) is 17.6 Å². The molecule has 4 heteroatoms. The standard InChI is InChI=1S/C11H12ClNO2/c12-8-1-3-9(4-2-8)13-7-11(5-6-11)10(14)15/h1-4,13H,5-7H2,(H,14,15). The monoisotopic (exact) mass is 225 g/mol. The van der Waals surface area contributed by atoms with Crippen molar-refractivity contribution in [3.63, 3.8) is 0 Å². The van der Waals surface area contributed by atoms with Gasteiger partial charge in [0.05, 0.1) is 5.41 Å². The summed E-state index contributed by atoms with van der Waals surface area (Å²) in [4.78, 5) is 10.9. The minimum Gasteiger partial charge on any atom is -0.481 e. The Morgan fingerprint density at radius 2 is 2.00 bits per heavy atom. The van der Waals surface area contributed by atoms with E-state index < -0.39 is 11.4 Å². The van der Waals surface area contributed by atoms with Gasteiger partial charge in [-0.1, -0.05) is 11.6 Å². The lowest BCUT2D eigenvalue weighted by molar-refractivity contribution is -0.142. The summed E-state index contributed by atoms with van der Waals surface area (Å²) in [5.74, 6) is -0.705. The molecular weight excluding hydrogens is 214 g/mol. The Balaban J connectivity index is 1.94. The Bertz CT molecular complexity index is 371. The zero-order valence-electron chi connectivity index (χ0n) is 8.16. The molecule has 0 radical (unpaired) electrons. The second-order valence-corrected chi connectivity index (χ2v) is 4.38. The van der Waals surface area contributed by atoms with E-state index in [1.165, 1.54) is 0 Å². The first-order valence-corrected chi connectivity index (χ1v) is 5.23. The highest BCUT2D eigenvalue weighted by Gasteiger charge is 2.49. The Morgan fingerprint density at radius 1 is 1.40 bits per heavy atom. The summed E-state index contributed by atoms with van der Waals surface area (Å²) in [5, 5.41) is 12.8. The third kappa shape index (κ3) is 2.23. The molecule has 1 aliphatic rings. The predicted molar refractivity (Wildman–Crippen MR) is 59.2 cm³/mol. The van der Waals surface area contributed by atoms with Crippen LogP contribution in [0.5, 0.6) is 0 Å². The molecule has 0 aliphatic heterocycles. The van der Waals surface area contributed by atoms with Crippen LogP contribution in [0.15, 0.2) is 24.3 Å².